The fraction of sp³-hybridized carbons (Fsp3) is 0.467. The van der Waals surface area contributed by atoms with Crippen LogP contribution in [0.2, 0.25) is 0 Å². The number of fused-ring (bicyclic) bond motifs is 1. The summed E-state index contributed by atoms with van der Waals surface area (Å²) < 4.78 is 43.1. The molecule has 0 spiro atoms. The number of hydrogen-bond donors (Lipinski definition) is 3. The summed E-state index contributed by atoms with van der Waals surface area (Å²) in [4.78, 5) is 9.25. The van der Waals surface area contributed by atoms with Crippen molar-refractivity contribution >= 4 is 28.4 Å². The summed E-state index contributed by atoms with van der Waals surface area (Å²) in [5, 5.41) is 1.10. The number of aromatic nitrogens is 2. The maximum absolute atomic E-state index is 14.6. The lowest BCUT2D eigenvalue weighted by atomic mass is 10.1. The highest BCUT2D eigenvalue weighted by atomic mass is 19.2. The molecular formula is C15H22F3N7. The molecule has 138 valence electrons. The van der Waals surface area contributed by atoms with Gasteiger partial charge in [0, 0.05) is 26.2 Å². The molecule has 0 amide bonds. The highest BCUT2D eigenvalue weighted by Crippen LogP contribution is 2.33. The summed E-state index contributed by atoms with van der Waals surface area (Å²) in [6, 6.07) is 0. The highest BCUT2D eigenvalue weighted by Gasteiger charge is 2.26. The zero-order valence-electron chi connectivity index (χ0n) is 14.4. The van der Waals surface area contributed by atoms with Crippen molar-refractivity contribution in [1.82, 2.24) is 19.9 Å². The van der Waals surface area contributed by atoms with Crippen molar-refractivity contribution in [3.05, 3.63) is 17.5 Å². The molecule has 0 aliphatic carbocycles. The van der Waals surface area contributed by atoms with E-state index in [1.54, 1.807) is 5.01 Å². The average Bonchev–Trinajstić information content (AvgIpc) is 2.59. The van der Waals surface area contributed by atoms with Crippen LogP contribution < -0.4 is 16.9 Å². The second kappa shape index (κ2) is 7.70. The number of hydrazine groups is 1. The van der Waals surface area contributed by atoms with Crippen molar-refractivity contribution in [3.8, 4) is 0 Å². The Hall–Kier alpha value is -2.33. The number of nitrogens with zero attached hydrogens (tertiary/aromatic N) is 4. The molecule has 2 heterocycles. The van der Waals surface area contributed by atoms with Gasteiger partial charge in [-0.15, -0.1) is 0 Å². The first-order valence-electron chi connectivity index (χ1n) is 7.97. The summed E-state index contributed by atoms with van der Waals surface area (Å²) >= 11 is 0. The molecule has 1 aromatic heterocycles. The predicted molar refractivity (Wildman–Crippen MR) is 92.3 cm³/mol. The molecule has 25 heavy (non-hydrogen) atoms. The van der Waals surface area contributed by atoms with Gasteiger partial charge in [0.25, 0.3) is 0 Å². The predicted octanol–water partition coefficient (Wildman–Crippen LogP) is 1.81. The topological polar surface area (TPSA) is 96.3 Å². The van der Waals surface area contributed by atoms with Gasteiger partial charge in [0.2, 0.25) is 5.95 Å². The molecule has 0 atom stereocenters. The number of piperazine rings is 1. The van der Waals surface area contributed by atoms with Crippen LogP contribution in [0.1, 0.15) is 13.8 Å². The molecule has 1 aliphatic heterocycles. The lowest BCUT2D eigenvalue weighted by Gasteiger charge is -2.33. The summed E-state index contributed by atoms with van der Waals surface area (Å²) in [7, 11) is 1.94. The molecule has 3 rings (SSSR count). The third kappa shape index (κ3) is 3.69. The molecule has 0 unspecified atom stereocenters. The Morgan fingerprint density at radius 1 is 0.920 bits per heavy atom. The minimum absolute atomic E-state index is 0.314. The molecule has 7 nitrogen and oxygen atoms in total. The molecule has 1 saturated heterocycles. The van der Waals surface area contributed by atoms with E-state index in [9.17, 15) is 13.2 Å². The number of hydrogen-bond acceptors (Lipinski definition) is 7. The third-order valence-corrected chi connectivity index (χ3v) is 3.79. The van der Waals surface area contributed by atoms with Crippen LogP contribution in [-0.4, -0.2) is 53.1 Å². The minimum Gasteiger partial charge on any atom is -0.383 e. The monoisotopic (exact) mass is 357 g/mol. The lowest BCUT2D eigenvalue weighted by Crippen LogP contribution is -2.47. The second-order valence-electron chi connectivity index (χ2n) is 5.41. The number of likely N-dealkylation sites (N-methyl/N-ethyl adjacent to an activating group) is 1. The second-order valence-corrected chi connectivity index (χ2v) is 5.41. The Kier molecular flexibility index (Phi) is 5.85. The van der Waals surface area contributed by atoms with Crippen molar-refractivity contribution in [2.45, 2.75) is 13.8 Å². The van der Waals surface area contributed by atoms with Crippen molar-refractivity contribution in [3.63, 3.8) is 0 Å². The van der Waals surface area contributed by atoms with Crippen LogP contribution in [0.4, 0.5) is 30.6 Å². The Bertz CT molecular complexity index is 761. The van der Waals surface area contributed by atoms with Gasteiger partial charge in [0.1, 0.15) is 17.0 Å². The standard InChI is InChI=1S/C13H16F3N7.C2H6/c1-22-2-4-23(5-3-22)21-11-8(15)7(14)6-10(9(11)16)19-13(18)20-12(6)17;1-2/h21H,2-5H2,1H3,(H4,17,18,19,20);1-2H3. The number of nitrogens with one attached hydrogen (secondary N) is 1. The fourth-order valence-electron chi connectivity index (χ4n) is 2.48. The van der Waals surface area contributed by atoms with E-state index >= 15 is 0 Å². The van der Waals surface area contributed by atoms with Crippen molar-refractivity contribution in [1.29, 1.82) is 0 Å². The summed E-state index contributed by atoms with van der Waals surface area (Å²) in [5.74, 6) is -4.46. The Balaban J connectivity index is 0.00000109. The summed E-state index contributed by atoms with van der Waals surface area (Å²) in [6.45, 7) is 6.49. The first-order valence-corrected chi connectivity index (χ1v) is 7.97. The van der Waals surface area contributed by atoms with E-state index in [-0.39, 0.29) is 5.95 Å². The normalized spacial score (nSPS) is 15.8. The van der Waals surface area contributed by atoms with Crippen LogP contribution in [0, 0.1) is 17.5 Å². The maximum atomic E-state index is 14.6. The summed E-state index contributed by atoms with van der Waals surface area (Å²) in [5.41, 5.74) is 12.4. The molecule has 1 fully saturated rings. The SMILES string of the molecule is CC.CN1CCN(Nc2c(F)c(F)c3c(N)nc(N)nc3c2F)CC1. The van der Waals surface area contributed by atoms with Crippen LogP contribution in [0.15, 0.2) is 0 Å². The zero-order chi connectivity index (χ0) is 18.7. The number of nitrogen functional groups attached to an aromatic ring is 2. The van der Waals surface area contributed by atoms with Crippen molar-refractivity contribution in [2.75, 3.05) is 50.1 Å². The molecule has 0 bridgehead atoms. The van der Waals surface area contributed by atoms with Gasteiger partial charge in [0.15, 0.2) is 17.5 Å². The van der Waals surface area contributed by atoms with E-state index in [1.165, 1.54) is 0 Å². The van der Waals surface area contributed by atoms with E-state index in [1.807, 2.05) is 20.9 Å². The molecular weight excluding hydrogens is 335 g/mol. The Labute approximate surface area is 143 Å². The van der Waals surface area contributed by atoms with Crippen LogP contribution in [0.3, 0.4) is 0 Å². The smallest absolute Gasteiger partial charge is 0.222 e. The number of benzene rings is 1. The average molecular weight is 357 g/mol. The number of halogens is 3. The lowest BCUT2D eigenvalue weighted by molar-refractivity contribution is 0.178. The molecule has 5 N–H and O–H groups in total. The van der Waals surface area contributed by atoms with Gasteiger partial charge in [0.05, 0.1) is 5.39 Å². The quantitative estimate of drug-likeness (QED) is 0.706. The minimum atomic E-state index is -1.37. The summed E-state index contributed by atoms with van der Waals surface area (Å²) in [6.07, 6.45) is 0. The van der Waals surface area contributed by atoms with Crippen LogP contribution in [0.25, 0.3) is 10.9 Å². The van der Waals surface area contributed by atoms with Crippen LogP contribution in [-0.2, 0) is 0 Å². The van der Waals surface area contributed by atoms with E-state index < -0.39 is 39.9 Å². The third-order valence-electron chi connectivity index (χ3n) is 3.79. The van der Waals surface area contributed by atoms with E-state index in [2.05, 4.69) is 20.3 Å². The zero-order valence-corrected chi connectivity index (χ0v) is 14.4. The number of nitrogens with two attached hydrogens (primary N) is 2. The van der Waals surface area contributed by atoms with Gasteiger partial charge < -0.3 is 21.8 Å². The first kappa shape index (κ1) is 19.0. The first-order chi connectivity index (χ1) is 11.9. The Morgan fingerprint density at radius 3 is 2.12 bits per heavy atom. The van der Waals surface area contributed by atoms with Crippen LogP contribution >= 0.6 is 0 Å². The molecule has 0 saturated carbocycles. The molecule has 0 radical (unpaired) electrons. The highest BCUT2D eigenvalue weighted by molar-refractivity contribution is 5.92. The van der Waals surface area contributed by atoms with Crippen molar-refractivity contribution in [2.24, 2.45) is 0 Å². The van der Waals surface area contributed by atoms with Crippen LogP contribution in [0.5, 0.6) is 0 Å². The maximum Gasteiger partial charge on any atom is 0.222 e. The molecule has 1 aromatic carbocycles. The fourth-order valence-corrected chi connectivity index (χ4v) is 2.48. The van der Waals surface area contributed by atoms with E-state index in [4.69, 9.17) is 11.5 Å². The van der Waals surface area contributed by atoms with Gasteiger partial charge in [-0.2, -0.15) is 4.98 Å². The Morgan fingerprint density at radius 2 is 1.52 bits per heavy atom. The van der Waals surface area contributed by atoms with Crippen molar-refractivity contribution < 1.29 is 13.2 Å². The van der Waals surface area contributed by atoms with E-state index in [0.29, 0.717) is 26.2 Å². The molecule has 10 heteroatoms. The van der Waals surface area contributed by atoms with Gasteiger partial charge >= 0.3 is 0 Å². The molecule has 2 aromatic rings. The van der Waals surface area contributed by atoms with Gasteiger partial charge in [-0.05, 0) is 7.05 Å². The van der Waals surface area contributed by atoms with Gasteiger partial charge in [-0.1, -0.05) is 13.8 Å². The number of anilines is 3. The number of rotatable bonds is 2. The van der Waals surface area contributed by atoms with E-state index in [0.717, 1.165) is 0 Å². The van der Waals surface area contributed by atoms with Gasteiger partial charge in [-0.3, -0.25) is 0 Å². The molecule has 1 aliphatic rings. The van der Waals surface area contributed by atoms with Gasteiger partial charge in [-0.25, -0.2) is 23.2 Å². The largest absolute Gasteiger partial charge is 0.383 e.